The number of aliphatic hydroxyl groups excluding tert-OH is 1. The van der Waals surface area contributed by atoms with E-state index in [1.165, 1.54) is 0 Å². The van der Waals surface area contributed by atoms with Crippen LogP contribution in [-0.4, -0.2) is 43.2 Å². The van der Waals surface area contributed by atoms with Crippen LogP contribution in [0, 0.1) is 11.3 Å². The number of carbonyl (C=O) groups excluding carboxylic acids is 1. The highest BCUT2D eigenvalue weighted by molar-refractivity contribution is 5.82. The van der Waals surface area contributed by atoms with E-state index in [0.717, 1.165) is 25.9 Å². The molecule has 0 aliphatic carbocycles. The number of hydrogen-bond donors (Lipinski definition) is 3. The fourth-order valence-electron chi connectivity index (χ4n) is 2.17. The SMILES string of the molecule is CC(C)(C(=O)NCC(O)C(F)F)C1CCCNC1. The smallest absolute Gasteiger partial charge is 0.265 e. The van der Waals surface area contributed by atoms with Crippen molar-refractivity contribution in [2.24, 2.45) is 11.3 Å². The van der Waals surface area contributed by atoms with Crippen LogP contribution < -0.4 is 10.6 Å². The largest absolute Gasteiger partial charge is 0.385 e. The van der Waals surface area contributed by atoms with Crippen molar-refractivity contribution in [2.75, 3.05) is 19.6 Å². The molecule has 1 aliphatic rings. The average molecular weight is 264 g/mol. The first-order valence-electron chi connectivity index (χ1n) is 6.31. The quantitative estimate of drug-likeness (QED) is 0.687. The third-order valence-electron chi connectivity index (χ3n) is 3.67. The Balaban J connectivity index is 2.48. The summed E-state index contributed by atoms with van der Waals surface area (Å²) in [4.78, 5) is 12.0. The standard InChI is InChI=1S/C12H22F2N2O2/c1-12(2,8-4-3-5-15-6-8)11(18)16-7-9(17)10(13)14/h8-10,15,17H,3-7H2,1-2H3,(H,16,18). The van der Waals surface area contributed by atoms with Gasteiger partial charge in [-0.1, -0.05) is 13.8 Å². The maximum atomic E-state index is 12.1. The second kappa shape index (κ2) is 6.43. The molecule has 1 rings (SSSR count). The summed E-state index contributed by atoms with van der Waals surface area (Å²) < 4.78 is 24.2. The molecule has 6 heteroatoms. The van der Waals surface area contributed by atoms with Crippen molar-refractivity contribution in [2.45, 2.75) is 39.2 Å². The second-order valence-corrected chi connectivity index (χ2v) is 5.38. The highest BCUT2D eigenvalue weighted by Crippen LogP contribution is 2.31. The molecule has 1 fully saturated rings. The molecule has 1 aliphatic heterocycles. The molecule has 1 heterocycles. The van der Waals surface area contributed by atoms with Crippen molar-refractivity contribution in [3.05, 3.63) is 0 Å². The Morgan fingerprint density at radius 3 is 2.72 bits per heavy atom. The zero-order valence-corrected chi connectivity index (χ0v) is 10.9. The topological polar surface area (TPSA) is 61.4 Å². The van der Waals surface area contributed by atoms with Gasteiger partial charge in [0.1, 0.15) is 6.10 Å². The molecule has 1 saturated heterocycles. The highest BCUT2D eigenvalue weighted by atomic mass is 19.3. The van der Waals surface area contributed by atoms with E-state index in [4.69, 9.17) is 5.11 Å². The Hall–Kier alpha value is -0.750. The number of amides is 1. The molecule has 18 heavy (non-hydrogen) atoms. The van der Waals surface area contributed by atoms with E-state index in [-0.39, 0.29) is 11.8 Å². The fraction of sp³-hybridized carbons (Fsp3) is 0.917. The summed E-state index contributed by atoms with van der Waals surface area (Å²) in [7, 11) is 0. The van der Waals surface area contributed by atoms with Crippen LogP contribution in [-0.2, 0) is 4.79 Å². The minimum atomic E-state index is -2.83. The van der Waals surface area contributed by atoms with Crippen molar-refractivity contribution < 1.29 is 18.7 Å². The van der Waals surface area contributed by atoms with Crippen molar-refractivity contribution in [3.8, 4) is 0 Å². The first kappa shape index (κ1) is 15.3. The lowest BCUT2D eigenvalue weighted by atomic mass is 9.74. The van der Waals surface area contributed by atoms with Gasteiger partial charge in [0, 0.05) is 12.0 Å². The molecule has 0 aromatic heterocycles. The van der Waals surface area contributed by atoms with Gasteiger partial charge in [0.25, 0.3) is 6.43 Å². The Bertz CT molecular complexity index is 279. The van der Waals surface area contributed by atoms with Crippen molar-refractivity contribution in [1.82, 2.24) is 10.6 Å². The molecular weight excluding hydrogens is 242 g/mol. The Labute approximate surface area is 106 Å². The highest BCUT2D eigenvalue weighted by Gasteiger charge is 2.37. The number of aliphatic hydroxyl groups is 1. The molecule has 0 aromatic rings. The van der Waals surface area contributed by atoms with E-state index in [0.29, 0.717) is 0 Å². The van der Waals surface area contributed by atoms with Crippen LogP contribution in [0.4, 0.5) is 8.78 Å². The summed E-state index contributed by atoms with van der Waals surface area (Å²) in [6.45, 7) is 4.94. The average Bonchev–Trinajstić information content (AvgIpc) is 2.36. The van der Waals surface area contributed by atoms with E-state index in [2.05, 4.69) is 10.6 Å². The van der Waals surface area contributed by atoms with Gasteiger partial charge in [-0.25, -0.2) is 8.78 Å². The first-order chi connectivity index (χ1) is 8.35. The van der Waals surface area contributed by atoms with E-state index in [9.17, 15) is 13.6 Å². The van der Waals surface area contributed by atoms with Crippen LogP contribution >= 0.6 is 0 Å². The van der Waals surface area contributed by atoms with Gasteiger partial charge in [-0.15, -0.1) is 0 Å². The van der Waals surface area contributed by atoms with Crippen LogP contribution in [0.2, 0.25) is 0 Å². The molecule has 0 spiro atoms. The molecule has 0 bridgehead atoms. The molecule has 3 N–H and O–H groups in total. The zero-order valence-electron chi connectivity index (χ0n) is 10.9. The van der Waals surface area contributed by atoms with Crippen LogP contribution in [0.3, 0.4) is 0 Å². The lowest BCUT2D eigenvalue weighted by Gasteiger charge is -2.36. The lowest BCUT2D eigenvalue weighted by Crippen LogP contribution is -2.49. The van der Waals surface area contributed by atoms with Crippen LogP contribution in [0.15, 0.2) is 0 Å². The molecule has 1 amide bonds. The Morgan fingerprint density at radius 2 is 2.22 bits per heavy atom. The maximum Gasteiger partial charge on any atom is 0.265 e. The van der Waals surface area contributed by atoms with Gasteiger partial charge in [-0.3, -0.25) is 4.79 Å². The zero-order chi connectivity index (χ0) is 13.8. The van der Waals surface area contributed by atoms with Gasteiger partial charge in [-0.2, -0.15) is 0 Å². The molecule has 4 nitrogen and oxygen atoms in total. The number of piperidine rings is 1. The fourth-order valence-corrected chi connectivity index (χ4v) is 2.17. The van der Waals surface area contributed by atoms with Gasteiger partial charge in [0.15, 0.2) is 0 Å². The van der Waals surface area contributed by atoms with Crippen molar-refractivity contribution in [3.63, 3.8) is 0 Å². The van der Waals surface area contributed by atoms with Crippen LogP contribution in [0.5, 0.6) is 0 Å². The molecule has 2 atom stereocenters. The minimum absolute atomic E-state index is 0.190. The lowest BCUT2D eigenvalue weighted by molar-refractivity contribution is -0.133. The Morgan fingerprint density at radius 1 is 1.56 bits per heavy atom. The molecule has 106 valence electrons. The van der Waals surface area contributed by atoms with Crippen LogP contribution in [0.1, 0.15) is 26.7 Å². The molecule has 0 radical (unpaired) electrons. The summed E-state index contributed by atoms with van der Waals surface area (Å²) in [5, 5.41) is 14.6. The van der Waals surface area contributed by atoms with Gasteiger partial charge in [-0.05, 0) is 31.8 Å². The number of alkyl halides is 2. The van der Waals surface area contributed by atoms with E-state index in [1.807, 2.05) is 13.8 Å². The minimum Gasteiger partial charge on any atom is -0.385 e. The number of halogens is 2. The number of hydrogen-bond acceptors (Lipinski definition) is 3. The van der Waals surface area contributed by atoms with Crippen molar-refractivity contribution >= 4 is 5.91 Å². The monoisotopic (exact) mass is 264 g/mol. The third-order valence-corrected chi connectivity index (χ3v) is 3.67. The Kier molecular flexibility index (Phi) is 5.47. The molecule has 0 aromatic carbocycles. The first-order valence-corrected chi connectivity index (χ1v) is 6.31. The summed E-state index contributed by atoms with van der Waals surface area (Å²) in [6.07, 6.45) is -2.66. The van der Waals surface area contributed by atoms with Gasteiger partial charge >= 0.3 is 0 Å². The van der Waals surface area contributed by atoms with Gasteiger partial charge < -0.3 is 15.7 Å². The van der Waals surface area contributed by atoms with E-state index < -0.39 is 24.5 Å². The predicted molar refractivity (Wildman–Crippen MR) is 64.4 cm³/mol. The summed E-state index contributed by atoms with van der Waals surface area (Å²) >= 11 is 0. The van der Waals surface area contributed by atoms with Crippen LogP contribution in [0.25, 0.3) is 0 Å². The predicted octanol–water partition coefficient (Wildman–Crippen LogP) is 0.754. The molecule has 2 unspecified atom stereocenters. The number of carbonyl (C=O) groups is 1. The van der Waals surface area contributed by atoms with E-state index in [1.54, 1.807) is 0 Å². The summed E-state index contributed by atoms with van der Waals surface area (Å²) in [5.74, 6) is -0.0918. The number of nitrogens with one attached hydrogen (secondary N) is 2. The normalized spacial score (nSPS) is 22.9. The number of rotatable bonds is 5. The third kappa shape index (κ3) is 3.88. The second-order valence-electron chi connectivity index (χ2n) is 5.38. The molecule has 0 saturated carbocycles. The summed E-state index contributed by atoms with van der Waals surface area (Å²) in [5.41, 5.74) is -0.616. The maximum absolute atomic E-state index is 12.1. The van der Waals surface area contributed by atoms with E-state index >= 15 is 0 Å². The molecular formula is C12H22F2N2O2. The van der Waals surface area contributed by atoms with Gasteiger partial charge in [0.2, 0.25) is 5.91 Å². The summed E-state index contributed by atoms with van der Waals surface area (Å²) in [6, 6.07) is 0. The van der Waals surface area contributed by atoms with Gasteiger partial charge in [0.05, 0.1) is 0 Å². The van der Waals surface area contributed by atoms with Crippen molar-refractivity contribution in [1.29, 1.82) is 0 Å².